The van der Waals surface area contributed by atoms with Crippen molar-refractivity contribution >= 4 is 33.2 Å². The Bertz CT molecular complexity index is 877. The van der Waals surface area contributed by atoms with E-state index in [4.69, 9.17) is 0 Å². The van der Waals surface area contributed by atoms with E-state index in [0.717, 1.165) is 23.3 Å². The number of anilines is 1. The molecule has 2 aromatic rings. The molecule has 0 aromatic heterocycles. The number of hydrogen-bond acceptors (Lipinski definition) is 4. The minimum atomic E-state index is -3.47. The Morgan fingerprint density at radius 3 is 2.54 bits per heavy atom. The third-order valence-electron chi connectivity index (χ3n) is 4.01. The molecule has 1 atom stereocenters. The Balaban J connectivity index is 2.09. The number of fused-ring (bicyclic) bond motifs is 1. The monoisotopic (exact) mass is 361 g/mol. The molecule has 1 aliphatic rings. The van der Waals surface area contributed by atoms with Gasteiger partial charge in [-0.3, -0.25) is 4.79 Å². The summed E-state index contributed by atoms with van der Waals surface area (Å²) in [6.07, 6.45) is 1.99. The standard InChI is InChI=1S/C18H19NO3S2/c1-13-11-12-19(15-8-4-5-9-16(15)23-13)18(20)14-7-3-6-10-17(14)24(2,21)22/h3-10,13H,11-12H2,1-2H3/t13-/m0/s1. The second-order valence-electron chi connectivity index (χ2n) is 5.91. The summed E-state index contributed by atoms with van der Waals surface area (Å²) in [5.74, 6) is -0.266. The Hall–Kier alpha value is -1.79. The van der Waals surface area contributed by atoms with Gasteiger partial charge in [-0.2, -0.15) is 0 Å². The molecule has 0 saturated carbocycles. The molecule has 0 saturated heterocycles. The molecular weight excluding hydrogens is 342 g/mol. The third kappa shape index (κ3) is 3.35. The van der Waals surface area contributed by atoms with E-state index in [-0.39, 0.29) is 16.4 Å². The van der Waals surface area contributed by atoms with Crippen molar-refractivity contribution < 1.29 is 13.2 Å². The zero-order chi connectivity index (χ0) is 17.3. The van der Waals surface area contributed by atoms with Crippen LogP contribution in [0.4, 0.5) is 5.69 Å². The first-order chi connectivity index (χ1) is 11.4. The summed E-state index contributed by atoms with van der Waals surface area (Å²) in [4.78, 5) is 16.0. The number of nitrogens with zero attached hydrogens (tertiary/aromatic N) is 1. The molecule has 0 radical (unpaired) electrons. The SMILES string of the molecule is C[C@H]1CCN(C(=O)c2ccccc2S(C)(=O)=O)c2ccccc2S1. The summed E-state index contributed by atoms with van der Waals surface area (Å²) >= 11 is 1.75. The fourth-order valence-electron chi connectivity index (χ4n) is 2.81. The molecule has 24 heavy (non-hydrogen) atoms. The van der Waals surface area contributed by atoms with Crippen LogP contribution in [-0.4, -0.2) is 32.4 Å². The molecule has 6 heteroatoms. The van der Waals surface area contributed by atoms with E-state index >= 15 is 0 Å². The first kappa shape index (κ1) is 17.0. The highest BCUT2D eigenvalue weighted by Crippen LogP contribution is 2.38. The number of para-hydroxylation sites is 1. The van der Waals surface area contributed by atoms with Crippen molar-refractivity contribution in [3.05, 3.63) is 54.1 Å². The molecule has 1 aliphatic heterocycles. The van der Waals surface area contributed by atoms with Crippen LogP contribution in [0.25, 0.3) is 0 Å². The van der Waals surface area contributed by atoms with Crippen molar-refractivity contribution in [2.24, 2.45) is 0 Å². The predicted octanol–water partition coefficient (Wildman–Crippen LogP) is 3.62. The molecule has 0 unspecified atom stereocenters. The van der Waals surface area contributed by atoms with Crippen LogP contribution < -0.4 is 4.90 Å². The normalized spacial score (nSPS) is 17.9. The van der Waals surface area contributed by atoms with Crippen molar-refractivity contribution in [1.82, 2.24) is 0 Å². The van der Waals surface area contributed by atoms with E-state index in [1.54, 1.807) is 34.9 Å². The largest absolute Gasteiger partial charge is 0.307 e. The Labute approximate surface area is 146 Å². The molecule has 0 bridgehead atoms. The van der Waals surface area contributed by atoms with Crippen LogP contribution in [0.3, 0.4) is 0 Å². The highest BCUT2D eigenvalue weighted by Gasteiger charge is 2.28. The summed E-state index contributed by atoms with van der Waals surface area (Å²) < 4.78 is 24.1. The van der Waals surface area contributed by atoms with E-state index in [9.17, 15) is 13.2 Å². The Morgan fingerprint density at radius 2 is 1.79 bits per heavy atom. The molecule has 3 rings (SSSR count). The molecule has 4 nitrogen and oxygen atoms in total. The summed E-state index contributed by atoms with van der Waals surface area (Å²) in [7, 11) is -3.47. The number of rotatable bonds is 2. The average Bonchev–Trinajstić information content (AvgIpc) is 2.71. The fourth-order valence-corrected chi connectivity index (χ4v) is 4.80. The van der Waals surface area contributed by atoms with Crippen LogP contribution in [-0.2, 0) is 9.84 Å². The average molecular weight is 361 g/mol. The molecule has 0 aliphatic carbocycles. The van der Waals surface area contributed by atoms with E-state index in [1.807, 2.05) is 24.3 Å². The van der Waals surface area contributed by atoms with Crippen LogP contribution in [0.5, 0.6) is 0 Å². The minimum Gasteiger partial charge on any atom is -0.307 e. The van der Waals surface area contributed by atoms with Crippen LogP contribution in [0.2, 0.25) is 0 Å². The maximum atomic E-state index is 13.1. The highest BCUT2D eigenvalue weighted by atomic mass is 32.2. The second-order valence-corrected chi connectivity index (χ2v) is 9.37. The van der Waals surface area contributed by atoms with Crippen molar-refractivity contribution in [3.63, 3.8) is 0 Å². The van der Waals surface area contributed by atoms with Gasteiger partial charge in [0.15, 0.2) is 9.84 Å². The fraction of sp³-hybridized carbons (Fsp3) is 0.278. The molecule has 1 heterocycles. The molecule has 0 spiro atoms. The third-order valence-corrected chi connectivity index (χ3v) is 6.40. The van der Waals surface area contributed by atoms with Gasteiger partial charge in [0.2, 0.25) is 0 Å². The van der Waals surface area contributed by atoms with Gasteiger partial charge in [-0.15, -0.1) is 11.8 Å². The number of amides is 1. The van der Waals surface area contributed by atoms with Crippen LogP contribution >= 0.6 is 11.8 Å². The second kappa shape index (κ2) is 6.61. The zero-order valence-electron chi connectivity index (χ0n) is 13.6. The van der Waals surface area contributed by atoms with Crippen LogP contribution in [0.1, 0.15) is 23.7 Å². The van der Waals surface area contributed by atoms with Gasteiger partial charge in [0.1, 0.15) is 0 Å². The van der Waals surface area contributed by atoms with Crippen molar-refractivity contribution in [2.45, 2.75) is 28.4 Å². The number of carbonyl (C=O) groups is 1. The summed E-state index contributed by atoms with van der Waals surface area (Å²) in [5, 5.41) is 0.397. The number of benzene rings is 2. The van der Waals surface area contributed by atoms with Gasteiger partial charge in [0, 0.05) is 22.9 Å². The lowest BCUT2D eigenvalue weighted by atomic mass is 10.1. The topological polar surface area (TPSA) is 54.5 Å². The number of thioether (sulfide) groups is 1. The summed E-state index contributed by atoms with van der Waals surface area (Å²) in [6, 6.07) is 14.2. The quantitative estimate of drug-likeness (QED) is 0.820. The van der Waals surface area contributed by atoms with Crippen LogP contribution in [0.15, 0.2) is 58.3 Å². The van der Waals surface area contributed by atoms with E-state index in [1.165, 1.54) is 6.07 Å². The smallest absolute Gasteiger partial charge is 0.259 e. The van der Waals surface area contributed by atoms with E-state index in [2.05, 4.69) is 6.92 Å². The summed E-state index contributed by atoms with van der Waals surface area (Å²) in [5.41, 5.74) is 1.08. The van der Waals surface area contributed by atoms with Gasteiger partial charge < -0.3 is 4.90 Å². The van der Waals surface area contributed by atoms with E-state index < -0.39 is 9.84 Å². The summed E-state index contributed by atoms with van der Waals surface area (Å²) in [6.45, 7) is 2.71. The van der Waals surface area contributed by atoms with Gasteiger partial charge in [-0.05, 0) is 30.7 Å². The van der Waals surface area contributed by atoms with Gasteiger partial charge in [-0.25, -0.2) is 8.42 Å². The Kier molecular flexibility index (Phi) is 4.69. The minimum absolute atomic E-state index is 0.0810. The first-order valence-electron chi connectivity index (χ1n) is 7.74. The van der Waals surface area contributed by atoms with Gasteiger partial charge in [-0.1, -0.05) is 31.2 Å². The van der Waals surface area contributed by atoms with Gasteiger partial charge >= 0.3 is 0 Å². The first-order valence-corrected chi connectivity index (χ1v) is 10.5. The maximum Gasteiger partial charge on any atom is 0.259 e. The number of carbonyl (C=O) groups excluding carboxylic acids is 1. The van der Waals surface area contributed by atoms with Crippen molar-refractivity contribution in [2.75, 3.05) is 17.7 Å². The van der Waals surface area contributed by atoms with Crippen molar-refractivity contribution in [3.8, 4) is 0 Å². The molecule has 1 amide bonds. The number of hydrogen-bond donors (Lipinski definition) is 0. The number of sulfone groups is 1. The lowest BCUT2D eigenvalue weighted by molar-refractivity contribution is 0.0983. The molecule has 0 N–H and O–H groups in total. The lowest BCUT2D eigenvalue weighted by Crippen LogP contribution is -2.33. The van der Waals surface area contributed by atoms with Gasteiger partial charge in [0.25, 0.3) is 5.91 Å². The molecule has 2 aromatic carbocycles. The zero-order valence-corrected chi connectivity index (χ0v) is 15.2. The molecular formula is C18H19NO3S2. The maximum absolute atomic E-state index is 13.1. The van der Waals surface area contributed by atoms with Crippen molar-refractivity contribution in [1.29, 1.82) is 0 Å². The lowest BCUT2D eigenvalue weighted by Gasteiger charge is -2.23. The molecule has 126 valence electrons. The van der Waals surface area contributed by atoms with Crippen LogP contribution in [0, 0.1) is 0 Å². The molecule has 0 fully saturated rings. The Morgan fingerprint density at radius 1 is 1.12 bits per heavy atom. The predicted molar refractivity (Wildman–Crippen MR) is 97.6 cm³/mol. The van der Waals surface area contributed by atoms with E-state index in [0.29, 0.717) is 11.8 Å². The highest BCUT2D eigenvalue weighted by molar-refractivity contribution is 8.00. The van der Waals surface area contributed by atoms with Gasteiger partial charge in [0.05, 0.1) is 16.1 Å².